The number of sulfonamides is 1. The maximum absolute atomic E-state index is 12.4. The molecule has 10 heteroatoms. The van der Waals surface area contributed by atoms with E-state index >= 15 is 0 Å². The lowest BCUT2D eigenvalue weighted by Crippen LogP contribution is -2.37. The third-order valence-corrected chi connectivity index (χ3v) is 5.20. The predicted octanol–water partition coefficient (Wildman–Crippen LogP) is 0.215. The summed E-state index contributed by atoms with van der Waals surface area (Å²) in [6.45, 7) is 1.34. The number of benzene rings is 2. The average Bonchev–Trinajstić information content (AvgIpc) is 2.65. The number of nitrogens with zero attached hydrogens (tertiary/aromatic N) is 1. The number of H-pyrrole nitrogens is 1. The molecule has 3 aromatic rings. The van der Waals surface area contributed by atoms with Gasteiger partial charge in [-0.1, -0.05) is 24.3 Å². The lowest BCUT2D eigenvalue weighted by atomic mass is 10.1. The van der Waals surface area contributed by atoms with Crippen molar-refractivity contribution in [1.29, 1.82) is 0 Å². The maximum atomic E-state index is 12.4. The van der Waals surface area contributed by atoms with Crippen LogP contribution in [0, 0.1) is 0 Å². The van der Waals surface area contributed by atoms with Crippen LogP contribution < -0.4 is 21.6 Å². The smallest absolute Gasteiger partial charge is 0.273 e. The number of nitrogens with two attached hydrogens (primary N) is 1. The Morgan fingerprint density at radius 3 is 2.32 bits per heavy atom. The van der Waals surface area contributed by atoms with Crippen LogP contribution in [0.15, 0.2) is 63.0 Å². The quantitative estimate of drug-likeness (QED) is 0.559. The molecule has 0 aliphatic heterocycles. The first kappa shape index (κ1) is 19.5. The number of rotatable bonds is 5. The Hall–Kier alpha value is -3.24. The second-order valence-corrected chi connectivity index (χ2v) is 7.84. The molecule has 1 amide bonds. The molecular weight excluding hydrogens is 384 g/mol. The zero-order valence-corrected chi connectivity index (χ0v) is 15.7. The van der Waals surface area contributed by atoms with E-state index in [1.54, 1.807) is 19.1 Å². The Morgan fingerprint density at radius 1 is 1.11 bits per heavy atom. The third-order valence-electron chi connectivity index (χ3n) is 4.27. The van der Waals surface area contributed by atoms with Crippen molar-refractivity contribution in [3.05, 3.63) is 74.8 Å². The molecule has 0 bridgehead atoms. The van der Waals surface area contributed by atoms with Crippen molar-refractivity contribution in [2.45, 2.75) is 24.4 Å². The maximum Gasteiger partial charge on any atom is 0.273 e. The van der Waals surface area contributed by atoms with Gasteiger partial charge in [-0.15, -0.1) is 0 Å². The molecule has 4 N–H and O–H groups in total. The number of carbonyl (C=O) groups is 1. The highest BCUT2D eigenvalue weighted by atomic mass is 32.2. The number of hydrogen-bond donors (Lipinski definition) is 3. The summed E-state index contributed by atoms with van der Waals surface area (Å²) in [5.41, 5.74) is -0.287. The molecule has 146 valence electrons. The first-order valence-corrected chi connectivity index (χ1v) is 9.85. The average molecular weight is 402 g/mol. The van der Waals surface area contributed by atoms with Crippen LogP contribution in [0.25, 0.3) is 10.8 Å². The second-order valence-electron chi connectivity index (χ2n) is 6.28. The third kappa shape index (κ3) is 4.02. The lowest BCUT2D eigenvalue weighted by molar-refractivity contribution is -0.122. The van der Waals surface area contributed by atoms with Gasteiger partial charge in [0.05, 0.1) is 21.7 Å². The van der Waals surface area contributed by atoms with E-state index in [-0.39, 0.29) is 22.2 Å². The Morgan fingerprint density at radius 2 is 1.71 bits per heavy atom. The first-order valence-electron chi connectivity index (χ1n) is 8.31. The Balaban J connectivity index is 1.77. The molecule has 0 radical (unpaired) electrons. The summed E-state index contributed by atoms with van der Waals surface area (Å²) < 4.78 is 23.5. The van der Waals surface area contributed by atoms with E-state index in [2.05, 4.69) is 10.4 Å². The molecule has 0 aliphatic carbocycles. The lowest BCUT2D eigenvalue weighted by Gasteiger charge is -2.15. The Labute approximate surface area is 159 Å². The number of carbonyl (C=O) groups excluding carboxylic acids is 1. The minimum Gasteiger partial charge on any atom is -0.348 e. The normalized spacial score (nSPS) is 12.6. The Kier molecular flexibility index (Phi) is 5.16. The minimum atomic E-state index is -3.80. The number of fused-ring (bicyclic) bond motifs is 1. The van der Waals surface area contributed by atoms with E-state index in [9.17, 15) is 22.8 Å². The molecule has 9 nitrogen and oxygen atoms in total. The summed E-state index contributed by atoms with van der Waals surface area (Å²) in [4.78, 5) is 36.8. The largest absolute Gasteiger partial charge is 0.348 e. The fourth-order valence-corrected chi connectivity index (χ4v) is 3.33. The number of aromatic nitrogens is 2. The van der Waals surface area contributed by atoms with E-state index in [0.29, 0.717) is 5.56 Å². The van der Waals surface area contributed by atoms with Gasteiger partial charge in [0.1, 0.15) is 6.54 Å². The standard InChI is InChI=1S/C18H18N4O5S/c1-11(12-6-8-13(9-7-12)28(19,26)27)20-16(23)10-22-18(25)15-5-3-2-4-14(15)17(24)21-22/h2-9,11H,10H2,1H3,(H,20,23)(H,21,24)(H2,19,26,27)/t11-/m1/s1. The molecule has 0 fully saturated rings. The van der Waals surface area contributed by atoms with Crippen molar-refractivity contribution in [3.8, 4) is 0 Å². The van der Waals surface area contributed by atoms with Crippen molar-refractivity contribution in [2.75, 3.05) is 0 Å². The minimum absolute atomic E-state index is 0.0323. The number of amides is 1. The zero-order chi connectivity index (χ0) is 20.5. The van der Waals surface area contributed by atoms with Crippen molar-refractivity contribution < 1.29 is 13.2 Å². The van der Waals surface area contributed by atoms with Crippen LogP contribution in [0.1, 0.15) is 18.5 Å². The fraction of sp³-hybridized carbons (Fsp3) is 0.167. The van der Waals surface area contributed by atoms with Gasteiger partial charge in [0.15, 0.2) is 0 Å². The topological polar surface area (TPSA) is 144 Å². The van der Waals surface area contributed by atoms with Gasteiger partial charge in [-0.3, -0.25) is 19.5 Å². The van der Waals surface area contributed by atoms with Crippen molar-refractivity contribution in [2.24, 2.45) is 5.14 Å². The number of aromatic amines is 1. The highest BCUT2D eigenvalue weighted by molar-refractivity contribution is 7.89. The SMILES string of the molecule is C[C@@H](NC(=O)Cn1[nH]c(=O)c2ccccc2c1=O)c1ccc(S(N)(=O)=O)cc1. The molecule has 1 atom stereocenters. The fourth-order valence-electron chi connectivity index (χ4n) is 2.82. The van der Waals surface area contributed by atoms with Crippen LogP contribution in [0.3, 0.4) is 0 Å². The molecule has 3 rings (SSSR count). The molecule has 0 unspecified atom stereocenters. The van der Waals surface area contributed by atoms with Gasteiger partial charge < -0.3 is 5.32 Å². The summed E-state index contributed by atoms with van der Waals surface area (Å²) in [7, 11) is -3.80. The van der Waals surface area contributed by atoms with E-state index < -0.39 is 33.1 Å². The Bertz CT molecular complexity index is 1260. The van der Waals surface area contributed by atoms with E-state index in [0.717, 1.165) is 4.68 Å². The molecule has 0 aliphatic rings. The molecule has 1 aromatic heterocycles. The monoisotopic (exact) mass is 402 g/mol. The van der Waals surface area contributed by atoms with Crippen LogP contribution >= 0.6 is 0 Å². The van der Waals surface area contributed by atoms with Crippen molar-refractivity contribution in [1.82, 2.24) is 15.1 Å². The number of hydrogen-bond acceptors (Lipinski definition) is 5. The molecule has 0 spiro atoms. The molecular formula is C18H18N4O5S. The second kappa shape index (κ2) is 7.41. The molecule has 0 saturated heterocycles. The van der Waals surface area contributed by atoms with E-state index in [1.165, 1.54) is 36.4 Å². The highest BCUT2D eigenvalue weighted by Gasteiger charge is 2.14. The summed E-state index contributed by atoms with van der Waals surface area (Å²) in [6, 6.07) is 11.7. The molecule has 28 heavy (non-hydrogen) atoms. The zero-order valence-electron chi connectivity index (χ0n) is 14.9. The van der Waals surface area contributed by atoms with E-state index in [1.807, 2.05) is 0 Å². The predicted molar refractivity (Wildman–Crippen MR) is 103 cm³/mol. The van der Waals surface area contributed by atoms with Crippen molar-refractivity contribution in [3.63, 3.8) is 0 Å². The summed E-state index contributed by atoms with van der Waals surface area (Å²) >= 11 is 0. The summed E-state index contributed by atoms with van der Waals surface area (Å²) in [5.74, 6) is -0.490. The van der Waals surface area contributed by atoms with Gasteiger partial charge in [-0.25, -0.2) is 18.2 Å². The van der Waals surface area contributed by atoms with Gasteiger partial charge in [0, 0.05) is 0 Å². The number of nitrogens with one attached hydrogen (secondary N) is 2. The molecule has 1 heterocycles. The van der Waals surface area contributed by atoms with Crippen LogP contribution in [-0.4, -0.2) is 24.1 Å². The van der Waals surface area contributed by atoms with E-state index in [4.69, 9.17) is 5.14 Å². The van der Waals surface area contributed by atoms with Gasteiger partial charge in [0.25, 0.3) is 11.1 Å². The van der Waals surface area contributed by atoms with Crippen LogP contribution in [-0.2, 0) is 21.4 Å². The summed E-state index contributed by atoms with van der Waals surface area (Å²) in [6.07, 6.45) is 0. The van der Waals surface area contributed by atoms with Gasteiger partial charge in [-0.05, 0) is 36.8 Å². The van der Waals surface area contributed by atoms with Gasteiger partial charge in [-0.2, -0.15) is 0 Å². The highest BCUT2D eigenvalue weighted by Crippen LogP contribution is 2.15. The van der Waals surface area contributed by atoms with Gasteiger partial charge in [0.2, 0.25) is 15.9 Å². The first-order chi connectivity index (χ1) is 13.2. The number of primary sulfonamides is 1. The van der Waals surface area contributed by atoms with Crippen LogP contribution in [0.5, 0.6) is 0 Å². The van der Waals surface area contributed by atoms with Crippen LogP contribution in [0.2, 0.25) is 0 Å². The molecule has 0 saturated carbocycles. The van der Waals surface area contributed by atoms with Crippen LogP contribution in [0.4, 0.5) is 0 Å². The van der Waals surface area contributed by atoms with Crippen molar-refractivity contribution >= 4 is 26.7 Å². The molecule has 2 aromatic carbocycles. The summed E-state index contributed by atoms with van der Waals surface area (Å²) in [5, 5.41) is 10.6. The van der Waals surface area contributed by atoms with Gasteiger partial charge >= 0.3 is 0 Å².